The Kier molecular flexibility index (Phi) is 4.04. The monoisotopic (exact) mass is 269 g/mol. The van der Waals surface area contributed by atoms with Crippen LogP contribution >= 0.6 is 11.6 Å². The van der Waals surface area contributed by atoms with E-state index in [2.05, 4.69) is 10.3 Å². The number of halogens is 1. The Hall–Kier alpha value is -1.33. The highest BCUT2D eigenvalue weighted by Crippen LogP contribution is 2.23. The van der Waals surface area contributed by atoms with E-state index in [0.717, 1.165) is 12.8 Å². The molecule has 2 N–H and O–H groups in total. The largest absolute Gasteiger partial charge is 0.394 e. The highest BCUT2D eigenvalue weighted by molar-refractivity contribution is 6.33. The molecule has 0 saturated carbocycles. The van der Waals surface area contributed by atoms with Crippen molar-refractivity contribution in [2.24, 2.45) is 0 Å². The van der Waals surface area contributed by atoms with Crippen molar-refractivity contribution in [1.29, 1.82) is 0 Å². The molecule has 1 aliphatic heterocycles. The van der Waals surface area contributed by atoms with Crippen LogP contribution in [-0.4, -0.2) is 47.1 Å². The zero-order valence-electron chi connectivity index (χ0n) is 10.2. The Morgan fingerprint density at radius 1 is 1.67 bits per heavy atom. The third kappa shape index (κ3) is 2.42. The number of likely N-dealkylation sites (tertiary alicyclic amines) is 1. The number of carbonyl (C=O) groups is 1. The predicted octanol–water partition coefficient (Wildman–Crippen LogP) is 1.37. The number of nitrogens with zero attached hydrogens (tertiary/aromatic N) is 2. The number of hydrogen-bond acceptors (Lipinski definition) is 4. The number of carbonyl (C=O) groups excluding carboxylic acids is 1. The van der Waals surface area contributed by atoms with Gasteiger partial charge >= 0.3 is 0 Å². The van der Waals surface area contributed by atoms with Crippen LogP contribution in [0.2, 0.25) is 5.02 Å². The second-order valence-corrected chi connectivity index (χ2v) is 4.66. The SMILES string of the molecule is CNc1ccc(Cl)c(C(=O)N2CCCC2CO)n1. The van der Waals surface area contributed by atoms with Crippen molar-refractivity contribution in [2.45, 2.75) is 18.9 Å². The molecule has 5 nitrogen and oxygen atoms in total. The van der Waals surface area contributed by atoms with Crippen LogP contribution in [0.3, 0.4) is 0 Å². The number of hydrogen-bond donors (Lipinski definition) is 2. The lowest BCUT2D eigenvalue weighted by Crippen LogP contribution is -2.38. The van der Waals surface area contributed by atoms with E-state index in [9.17, 15) is 9.90 Å². The van der Waals surface area contributed by atoms with Gasteiger partial charge in [-0.25, -0.2) is 4.98 Å². The minimum absolute atomic E-state index is 0.0188. The molecule has 1 aliphatic rings. The molecule has 0 bridgehead atoms. The molecule has 0 spiro atoms. The van der Waals surface area contributed by atoms with Gasteiger partial charge in [-0.15, -0.1) is 0 Å². The number of amides is 1. The molecule has 1 aromatic rings. The normalized spacial score (nSPS) is 19.1. The topological polar surface area (TPSA) is 65.5 Å². The van der Waals surface area contributed by atoms with Crippen molar-refractivity contribution in [1.82, 2.24) is 9.88 Å². The van der Waals surface area contributed by atoms with Crippen molar-refractivity contribution in [2.75, 3.05) is 25.5 Å². The molecule has 1 unspecified atom stereocenters. The van der Waals surface area contributed by atoms with Crippen molar-refractivity contribution in [3.8, 4) is 0 Å². The standard InChI is InChI=1S/C12H16ClN3O2/c1-14-10-5-4-9(13)11(15-10)12(18)16-6-2-3-8(16)7-17/h4-5,8,17H,2-3,6-7H2,1H3,(H,14,15). The summed E-state index contributed by atoms with van der Waals surface area (Å²) < 4.78 is 0. The van der Waals surface area contributed by atoms with Gasteiger partial charge in [-0.1, -0.05) is 11.6 Å². The lowest BCUT2D eigenvalue weighted by molar-refractivity contribution is 0.0672. The molecule has 0 radical (unpaired) electrons. The fourth-order valence-electron chi connectivity index (χ4n) is 2.16. The van der Waals surface area contributed by atoms with Gasteiger partial charge in [-0.05, 0) is 25.0 Å². The van der Waals surface area contributed by atoms with Crippen LogP contribution in [0.5, 0.6) is 0 Å². The second-order valence-electron chi connectivity index (χ2n) is 4.25. The molecule has 1 amide bonds. The number of aliphatic hydroxyl groups is 1. The van der Waals surface area contributed by atoms with Crippen LogP contribution in [0.25, 0.3) is 0 Å². The molecule has 18 heavy (non-hydrogen) atoms. The van der Waals surface area contributed by atoms with E-state index in [1.807, 2.05) is 0 Å². The van der Waals surface area contributed by atoms with E-state index in [1.165, 1.54) is 0 Å². The van der Waals surface area contributed by atoms with Gasteiger partial charge in [-0.3, -0.25) is 4.79 Å². The van der Waals surface area contributed by atoms with Crippen LogP contribution in [0.1, 0.15) is 23.3 Å². The number of anilines is 1. The number of pyridine rings is 1. The molecule has 1 saturated heterocycles. The van der Waals surface area contributed by atoms with Gasteiger partial charge in [0.25, 0.3) is 5.91 Å². The first-order chi connectivity index (χ1) is 8.67. The van der Waals surface area contributed by atoms with Gasteiger partial charge in [0.05, 0.1) is 17.7 Å². The summed E-state index contributed by atoms with van der Waals surface area (Å²) in [5.74, 6) is 0.385. The zero-order chi connectivity index (χ0) is 13.1. The van der Waals surface area contributed by atoms with Crippen LogP contribution in [0.4, 0.5) is 5.82 Å². The van der Waals surface area contributed by atoms with Crippen molar-refractivity contribution < 1.29 is 9.90 Å². The van der Waals surface area contributed by atoms with Crippen LogP contribution in [-0.2, 0) is 0 Å². The molecule has 1 atom stereocenters. The molecule has 2 heterocycles. The van der Waals surface area contributed by atoms with Crippen LogP contribution in [0.15, 0.2) is 12.1 Å². The van der Waals surface area contributed by atoms with Crippen molar-refractivity contribution >= 4 is 23.3 Å². The molecule has 0 aliphatic carbocycles. The Morgan fingerprint density at radius 2 is 2.44 bits per heavy atom. The smallest absolute Gasteiger partial charge is 0.274 e. The first kappa shape index (κ1) is 13.1. The van der Waals surface area contributed by atoms with E-state index in [0.29, 0.717) is 17.4 Å². The summed E-state index contributed by atoms with van der Waals surface area (Å²) in [6.07, 6.45) is 1.73. The maximum Gasteiger partial charge on any atom is 0.274 e. The van der Waals surface area contributed by atoms with Gasteiger partial charge in [0, 0.05) is 13.6 Å². The molecular weight excluding hydrogens is 254 g/mol. The number of aliphatic hydroxyl groups excluding tert-OH is 1. The highest BCUT2D eigenvalue weighted by atomic mass is 35.5. The Bertz CT molecular complexity index is 453. The quantitative estimate of drug-likeness (QED) is 0.870. The molecular formula is C12H16ClN3O2. The minimum Gasteiger partial charge on any atom is -0.394 e. The minimum atomic E-state index is -0.214. The van der Waals surface area contributed by atoms with Gasteiger partial charge < -0.3 is 15.3 Å². The van der Waals surface area contributed by atoms with Gasteiger partial charge in [0.1, 0.15) is 11.5 Å². The lowest BCUT2D eigenvalue weighted by atomic mass is 10.2. The Balaban J connectivity index is 2.27. The predicted molar refractivity (Wildman–Crippen MR) is 69.9 cm³/mol. The average Bonchev–Trinajstić information content (AvgIpc) is 2.86. The van der Waals surface area contributed by atoms with Crippen molar-refractivity contribution in [3.63, 3.8) is 0 Å². The third-order valence-corrected chi connectivity index (χ3v) is 3.46. The van der Waals surface area contributed by atoms with E-state index >= 15 is 0 Å². The third-order valence-electron chi connectivity index (χ3n) is 3.15. The van der Waals surface area contributed by atoms with E-state index in [-0.39, 0.29) is 24.2 Å². The molecule has 1 aromatic heterocycles. The van der Waals surface area contributed by atoms with Crippen LogP contribution in [0, 0.1) is 0 Å². The first-order valence-corrected chi connectivity index (χ1v) is 6.31. The zero-order valence-corrected chi connectivity index (χ0v) is 10.9. The molecule has 6 heteroatoms. The summed E-state index contributed by atoms with van der Waals surface area (Å²) in [7, 11) is 1.73. The van der Waals surface area contributed by atoms with E-state index in [1.54, 1.807) is 24.1 Å². The van der Waals surface area contributed by atoms with Crippen molar-refractivity contribution in [3.05, 3.63) is 22.8 Å². The van der Waals surface area contributed by atoms with Gasteiger partial charge in [0.2, 0.25) is 0 Å². The lowest BCUT2D eigenvalue weighted by Gasteiger charge is -2.23. The molecule has 2 rings (SSSR count). The summed E-state index contributed by atoms with van der Waals surface area (Å²) in [5, 5.41) is 12.5. The van der Waals surface area contributed by atoms with Gasteiger partial charge in [-0.2, -0.15) is 0 Å². The summed E-state index contributed by atoms with van der Waals surface area (Å²) in [4.78, 5) is 18.2. The number of nitrogens with one attached hydrogen (secondary N) is 1. The maximum atomic E-state index is 12.3. The van der Waals surface area contributed by atoms with E-state index in [4.69, 9.17) is 11.6 Å². The maximum absolute atomic E-state index is 12.3. The average molecular weight is 270 g/mol. The second kappa shape index (κ2) is 5.54. The molecule has 98 valence electrons. The van der Waals surface area contributed by atoms with E-state index < -0.39 is 0 Å². The Labute approximate surface area is 111 Å². The summed E-state index contributed by atoms with van der Waals surface area (Å²) in [6.45, 7) is 0.626. The van der Waals surface area contributed by atoms with Crippen LogP contribution < -0.4 is 5.32 Å². The molecule has 1 fully saturated rings. The fourth-order valence-corrected chi connectivity index (χ4v) is 2.35. The summed E-state index contributed by atoms with van der Waals surface area (Å²) in [5.41, 5.74) is 0.240. The number of aromatic nitrogens is 1. The van der Waals surface area contributed by atoms with Gasteiger partial charge in [0.15, 0.2) is 0 Å². The highest BCUT2D eigenvalue weighted by Gasteiger charge is 2.30. The fraction of sp³-hybridized carbons (Fsp3) is 0.500. The molecule has 0 aromatic carbocycles. The Morgan fingerprint density at radius 3 is 3.11 bits per heavy atom. The number of rotatable bonds is 3. The summed E-state index contributed by atoms with van der Waals surface area (Å²) >= 11 is 6.02. The first-order valence-electron chi connectivity index (χ1n) is 5.93. The summed E-state index contributed by atoms with van der Waals surface area (Å²) in [6, 6.07) is 3.25.